The van der Waals surface area contributed by atoms with E-state index in [9.17, 15) is 9.18 Å². The van der Waals surface area contributed by atoms with Gasteiger partial charge in [-0.25, -0.2) is 9.37 Å². The molecule has 0 fully saturated rings. The van der Waals surface area contributed by atoms with Crippen LogP contribution in [0, 0.1) is 5.82 Å². The summed E-state index contributed by atoms with van der Waals surface area (Å²) in [6, 6.07) is 13.9. The maximum absolute atomic E-state index is 14.2. The quantitative estimate of drug-likeness (QED) is 0.561. The van der Waals surface area contributed by atoms with Crippen LogP contribution in [0.1, 0.15) is 21.5 Å². The number of carbonyl (C=O) groups is 1. The SMILES string of the molecule is COc1cccc(F)c1Oc1nccc2c1C(=O)N(Cc1ccc(Br)cc1)C2. The van der Waals surface area contributed by atoms with E-state index in [2.05, 4.69) is 20.9 Å². The second-order valence-corrected chi connectivity index (χ2v) is 7.23. The molecule has 28 heavy (non-hydrogen) atoms. The second kappa shape index (κ2) is 7.59. The van der Waals surface area contributed by atoms with Crippen LogP contribution in [0.4, 0.5) is 4.39 Å². The molecule has 0 radical (unpaired) electrons. The van der Waals surface area contributed by atoms with Crippen LogP contribution in [-0.4, -0.2) is 22.9 Å². The van der Waals surface area contributed by atoms with Crippen LogP contribution in [0.15, 0.2) is 59.2 Å². The zero-order valence-electron chi connectivity index (χ0n) is 15.0. The fraction of sp³-hybridized carbons (Fsp3) is 0.143. The molecule has 2 heterocycles. The fourth-order valence-corrected chi connectivity index (χ4v) is 3.40. The summed E-state index contributed by atoms with van der Waals surface area (Å²) in [5.74, 6) is -0.571. The normalized spacial score (nSPS) is 12.8. The first-order chi connectivity index (χ1) is 13.6. The maximum Gasteiger partial charge on any atom is 0.260 e. The summed E-state index contributed by atoms with van der Waals surface area (Å²) < 4.78 is 26.1. The lowest BCUT2D eigenvalue weighted by Gasteiger charge is -2.16. The lowest BCUT2D eigenvalue weighted by atomic mass is 10.2. The summed E-state index contributed by atoms with van der Waals surface area (Å²) in [6.07, 6.45) is 1.55. The number of para-hydroxylation sites is 1. The molecule has 7 heteroatoms. The van der Waals surface area contributed by atoms with E-state index >= 15 is 0 Å². The summed E-state index contributed by atoms with van der Waals surface area (Å²) in [5, 5.41) is 0. The van der Waals surface area contributed by atoms with Gasteiger partial charge in [0.1, 0.15) is 5.56 Å². The van der Waals surface area contributed by atoms with Crippen LogP contribution in [0.2, 0.25) is 0 Å². The Hall–Kier alpha value is -2.93. The highest BCUT2D eigenvalue weighted by Gasteiger charge is 2.32. The molecule has 3 aromatic rings. The number of ether oxygens (including phenoxy) is 2. The Morgan fingerprint density at radius 2 is 1.96 bits per heavy atom. The monoisotopic (exact) mass is 442 g/mol. The van der Waals surface area contributed by atoms with E-state index < -0.39 is 5.82 Å². The minimum atomic E-state index is -0.587. The van der Waals surface area contributed by atoms with E-state index in [0.717, 1.165) is 15.6 Å². The molecule has 2 aromatic carbocycles. The summed E-state index contributed by atoms with van der Waals surface area (Å²) in [4.78, 5) is 18.9. The van der Waals surface area contributed by atoms with Crippen LogP contribution < -0.4 is 9.47 Å². The van der Waals surface area contributed by atoms with Gasteiger partial charge in [0.15, 0.2) is 11.6 Å². The number of pyridine rings is 1. The van der Waals surface area contributed by atoms with Crippen molar-refractivity contribution in [2.75, 3.05) is 7.11 Å². The number of nitrogens with zero attached hydrogens (tertiary/aromatic N) is 2. The van der Waals surface area contributed by atoms with E-state index in [4.69, 9.17) is 9.47 Å². The minimum Gasteiger partial charge on any atom is -0.493 e. The van der Waals surface area contributed by atoms with Crippen LogP contribution in [0.3, 0.4) is 0 Å². The first-order valence-corrected chi connectivity index (χ1v) is 9.38. The zero-order chi connectivity index (χ0) is 19.7. The molecule has 1 aromatic heterocycles. The van der Waals surface area contributed by atoms with Crippen molar-refractivity contribution in [3.63, 3.8) is 0 Å². The van der Waals surface area contributed by atoms with Gasteiger partial charge in [0, 0.05) is 23.8 Å². The number of rotatable bonds is 5. The Kier molecular flexibility index (Phi) is 5.00. The Balaban J connectivity index is 1.63. The van der Waals surface area contributed by atoms with Gasteiger partial charge in [-0.3, -0.25) is 4.79 Å². The number of methoxy groups -OCH3 is 1. The molecule has 0 atom stereocenters. The van der Waals surface area contributed by atoms with Gasteiger partial charge in [-0.05, 0) is 41.5 Å². The van der Waals surface area contributed by atoms with Crippen molar-refractivity contribution < 1.29 is 18.7 Å². The topological polar surface area (TPSA) is 51.7 Å². The highest BCUT2D eigenvalue weighted by molar-refractivity contribution is 9.10. The molecular weight excluding hydrogens is 427 g/mol. The Bertz CT molecular complexity index is 1040. The van der Waals surface area contributed by atoms with Gasteiger partial charge >= 0.3 is 0 Å². The minimum absolute atomic E-state index is 0.0733. The standard InChI is InChI=1S/C21H16BrFN2O3/c1-27-17-4-2-3-16(23)19(17)28-20-18-14(9-10-24-20)12-25(21(18)26)11-13-5-7-15(22)8-6-13/h2-10H,11-12H2,1H3. The van der Waals surface area contributed by atoms with Crippen molar-refractivity contribution in [1.29, 1.82) is 0 Å². The molecule has 4 rings (SSSR count). The van der Waals surface area contributed by atoms with Gasteiger partial charge < -0.3 is 14.4 Å². The van der Waals surface area contributed by atoms with Crippen molar-refractivity contribution >= 4 is 21.8 Å². The summed E-state index contributed by atoms with van der Waals surface area (Å²) in [6.45, 7) is 0.904. The van der Waals surface area contributed by atoms with Gasteiger partial charge in [0.25, 0.3) is 5.91 Å². The predicted octanol–water partition coefficient (Wildman–Crippen LogP) is 4.94. The van der Waals surface area contributed by atoms with Crippen LogP contribution in [-0.2, 0) is 13.1 Å². The Morgan fingerprint density at radius 1 is 1.18 bits per heavy atom. The molecule has 142 valence electrons. The van der Waals surface area contributed by atoms with Crippen LogP contribution in [0.5, 0.6) is 17.4 Å². The molecule has 0 saturated heterocycles. The zero-order valence-corrected chi connectivity index (χ0v) is 16.6. The maximum atomic E-state index is 14.2. The van der Waals surface area contributed by atoms with Gasteiger partial charge in [0.05, 0.1) is 7.11 Å². The second-order valence-electron chi connectivity index (χ2n) is 6.31. The molecule has 5 nitrogen and oxygen atoms in total. The third-order valence-electron chi connectivity index (χ3n) is 4.50. The van der Waals surface area contributed by atoms with Crippen molar-refractivity contribution in [2.45, 2.75) is 13.1 Å². The smallest absolute Gasteiger partial charge is 0.260 e. The highest BCUT2D eigenvalue weighted by Crippen LogP contribution is 2.37. The van der Waals surface area contributed by atoms with Crippen molar-refractivity contribution in [3.05, 3.63) is 81.7 Å². The summed E-state index contributed by atoms with van der Waals surface area (Å²) in [7, 11) is 1.43. The van der Waals surface area contributed by atoms with Crippen molar-refractivity contribution in [1.82, 2.24) is 9.88 Å². The van der Waals surface area contributed by atoms with Gasteiger partial charge in [-0.2, -0.15) is 0 Å². The Morgan fingerprint density at radius 3 is 2.71 bits per heavy atom. The van der Waals surface area contributed by atoms with Crippen molar-refractivity contribution in [2.24, 2.45) is 0 Å². The molecule has 0 unspecified atom stereocenters. The van der Waals surface area contributed by atoms with Gasteiger partial charge in [0.2, 0.25) is 11.6 Å². The van der Waals surface area contributed by atoms with Crippen LogP contribution in [0.25, 0.3) is 0 Å². The predicted molar refractivity (Wildman–Crippen MR) is 105 cm³/mol. The molecule has 1 aliphatic rings. The van der Waals surface area contributed by atoms with E-state index in [1.165, 1.54) is 19.2 Å². The number of carbonyl (C=O) groups excluding carboxylic acids is 1. The average molecular weight is 443 g/mol. The molecule has 1 amide bonds. The summed E-state index contributed by atoms with van der Waals surface area (Å²) in [5.41, 5.74) is 2.16. The largest absolute Gasteiger partial charge is 0.493 e. The molecule has 0 aliphatic carbocycles. The molecule has 0 saturated carbocycles. The number of hydrogen-bond donors (Lipinski definition) is 0. The first kappa shape index (κ1) is 18.4. The van der Waals surface area contributed by atoms with E-state index in [1.54, 1.807) is 23.2 Å². The third-order valence-corrected chi connectivity index (χ3v) is 5.03. The van der Waals surface area contributed by atoms with Gasteiger partial charge in [-0.1, -0.05) is 34.1 Å². The average Bonchev–Trinajstić information content (AvgIpc) is 3.01. The van der Waals surface area contributed by atoms with Crippen molar-refractivity contribution in [3.8, 4) is 17.4 Å². The fourth-order valence-electron chi connectivity index (χ4n) is 3.14. The number of benzene rings is 2. The Labute approximate surface area is 169 Å². The number of hydrogen-bond acceptors (Lipinski definition) is 4. The van der Waals surface area contributed by atoms with Gasteiger partial charge in [-0.15, -0.1) is 0 Å². The molecule has 0 spiro atoms. The molecule has 1 aliphatic heterocycles. The highest BCUT2D eigenvalue weighted by atomic mass is 79.9. The molecule has 0 bridgehead atoms. The molecular formula is C21H16BrFN2O3. The van der Waals surface area contributed by atoms with E-state index in [-0.39, 0.29) is 23.3 Å². The number of fused-ring (bicyclic) bond motifs is 1. The van der Waals surface area contributed by atoms with E-state index in [0.29, 0.717) is 18.7 Å². The number of aromatic nitrogens is 1. The lowest BCUT2D eigenvalue weighted by molar-refractivity contribution is 0.0764. The molecule has 0 N–H and O–H groups in total. The number of halogens is 2. The lowest BCUT2D eigenvalue weighted by Crippen LogP contribution is -2.23. The van der Waals surface area contributed by atoms with E-state index in [1.807, 2.05) is 24.3 Å². The number of amides is 1. The van der Waals surface area contributed by atoms with Crippen LogP contribution >= 0.6 is 15.9 Å². The third kappa shape index (κ3) is 3.45. The first-order valence-electron chi connectivity index (χ1n) is 8.59. The summed E-state index contributed by atoms with van der Waals surface area (Å²) >= 11 is 3.41.